The Kier molecular flexibility index (Phi) is 3.92. The van der Waals surface area contributed by atoms with Crippen LogP contribution in [0.2, 0.25) is 0 Å². The average molecular weight is 262 g/mol. The maximum absolute atomic E-state index is 13.1. The minimum absolute atomic E-state index is 0.0406. The van der Waals surface area contributed by atoms with Gasteiger partial charge in [0.05, 0.1) is 6.54 Å². The number of halogens is 3. The normalized spacial score (nSPS) is 9.64. The van der Waals surface area contributed by atoms with E-state index in [1.807, 2.05) is 0 Å². The summed E-state index contributed by atoms with van der Waals surface area (Å²) in [5.74, 6) is -1.28. The van der Waals surface area contributed by atoms with Crippen molar-refractivity contribution in [2.45, 2.75) is 6.42 Å². The molecule has 1 rings (SSSR count). The number of isocyanates is 1. The van der Waals surface area contributed by atoms with Crippen LogP contribution < -0.4 is 0 Å². The summed E-state index contributed by atoms with van der Waals surface area (Å²) < 4.78 is 26.6. The van der Waals surface area contributed by atoms with Gasteiger partial charge in [-0.3, -0.25) is 0 Å². The first-order valence-corrected chi connectivity index (χ1v) is 4.61. The molecule has 0 aliphatic rings. The molecular weight excluding hydrogens is 256 g/mol. The molecular formula is C9H6BrF2NO. The van der Waals surface area contributed by atoms with Crippen LogP contribution in [0.5, 0.6) is 0 Å². The molecule has 0 amide bonds. The smallest absolute Gasteiger partial charge is 0.211 e. The highest BCUT2D eigenvalue weighted by atomic mass is 79.9. The van der Waals surface area contributed by atoms with E-state index in [1.165, 1.54) is 18.2 Å². The second-order valence-electron chi connectivity index (χ2n) is 2.57. The summed E-state index contributed by atoms with van der Waals surface area (Å²) in [5.41, 5.74) is -0.0628. The van der Waals surface area contributed by atoms with Gasteiger partial charge >= 0.3 is 0 Å². The fourth-order valence-electron chi connectivity index (χ4n) is 1.02. The van der Waals surface area contributed by atoms with Crippen molar-refractivity contribution in [2.24, 2.45) is 4.99 Å². The summed E-state index contributed by atoms with van der Waals surface area (Å²) in [4.78, 5) is 13.0. The number of benzene rings is 1. The lowest BCUT2D eigenvalue weighted by molar-refractivity contribution is 0.550. The topological polar surface area (TPSA) is 29.4 Å². The van der Waals surface area contributed by atoms with Crippen molar-refractivity contribution in [1.29, 1.82) is 0 Å². The first-order valence-electron chi connectivity index (χ1n) is 3.82. The summed E-state index contributed by atoms with van der Waals surface area (Å²) in [6.45, 7) is 0.0406. The summed E-state index contributed by atoms with van der Waals surface area (Å²) in [5, 5.41) is 0. The average Bonchev–Trinajstić information content (AvgIpc) is 2.09. The van der Waals surface area contributed by atoms with Crippen molar-refractivity contribution in [3.63, 3.8) is 0 Å². The Bertz CT molecular complexity index is 365. The molecule has 0 heterocycles. The van der Waals surface area contributed by atoms with Gasteiger partial charge in [-0.2, -0.15) is 0 Å². The second-order valence-corrected chi connectivity index (χ2v) is 3.49. The monoisotopic (exact) mass is 261 g/mol. The number of rotatable bonds is 3. The highest BCUT2D eigenvalue weighted by Crippen LogP contribution is 2.19. The Balaban J connectivity index is 2.90. The molecule has 1 aromatic rings. The highest BCUT2D eigenvalue weighted by Gasteiger charge is 2.09. The molecule has 14 heavy (non-hydrogen) atoms. The molecule has 0 saturated carbocycles. The van der Waals surface area contributed by atoms with E-state index in [9.17, 15) is 13.6 Å². The largest absolute Gasteiger partial charge is 0.234 e. The van der Waals surface area contributed by atoms with Gasteiger partial charge in [0.1, 0.15) is 11.6 Å². The molecule has 74 valence electrons. The van der Waals surface area contributed by atoms with Crippen LogP contribution in [0.25, 0.3) is 0 Å². The third-order valence-corrected chi connectivity index (χ3v) is 2.10. The van der Waals surface area contributed by atoms with E-state index in [-0.39, 0.29) is 18.5 Å². The highest BCUT2D eigenvalue weighted by molar-refractivity contribution is 9.10. The lowest BCUT2D eigenvalue weighted by atomic mass is 10.1. The summed E-state index contributed by atoms with van der Waals surface area (Å²) >= 11 is 2.96. The van der Waals surface area contributed by atoms with E-state index in [1.54, 1.807) is 0 Å². The van der Waals surface area contributed by atoms with Crippen molar-refractivity contribution in [1.82, 2.24) is 0 Å². The van der Waals surface area contributed by atoms with E-state index in [2.05, 4.69) is 20.9 Å². The van der Waals surface area contributed by atoms with Crippen LogP contribution in [0.3, 0.4) is 0 Å². The van der Waals surface area contributed by atoms with Gasteiger partial charge in [0, 0.05) is 10.0 Å². The summed E-state index contributed by atoms with van der Waals surface area (Å²) in [6, 6.07) is 2.34. The molecule has 1 aromatic carbocycles. The molecule has 2 nitrogen and oxygen atoms in total. The van der Waals surface area contributed by atoms with Crippen molar-refractivity contribution in [2.75, 3.05) is 6.54 Å². The Morgan fingerprint density at radius 1 is 1.36 bits per heavy atom. The first kappa shape index (κ1) is 11.0. The van der Waals surface area contributed by atoms with Crippen molar-refractivity contribution in [3.05, 3.63) is 33.8 Å². The summed E-state index contributed by atoms with van der Waals surface area (Å²) in [6.07, 6.45) is 1.36. The predicted molar refractivity (Wildman–Crippen MR) is 50.8 cm³/mol. The predicted octanol–water partition coefficient (Wildman–Crippen LogP) is 2.61. The second kappa shape index (κ2) is 4.98. The maximum Gasteiger partial charge on any atom is 0.234 e. The molecule has 0 N–H and O–H groups in total. The van der Waals surface area contributed by atoms with Gasteiger partial charge in [-0.1, -0.05) is 15.9 Å². The van der Waals surface area contributed by atoms with E-state index in [0.717, 1.165) is 0 Å². The van der Waals surface area contributed by atoms with Crippen molar-refractivity contribution in [3.8, 4) is 0 Å². The molecule has 0 fully saturated rings. The van der Waals surface area contributed by atoms with E-state index in [0.29, 0.717) is 4.47 Å². The molecule has 0 aliphatic heterocycles. The van der Waals surface area contributed by atoms with E-state index < -0.39 is 11.6 Å². The zero-order chi connectivity index (χ0) is 10.6. The Morgan fingerprint density at radius 2 is 1.93 bits per heavy atom. The third kappa shape index (κ3) is 2.72. The molecule has 0 aromatic heterocycles. The quantitative estimate of drug-likeness (QED) is 0.608. The lowest BCUT2D eigenvalue weighted by Crippen LogP contribution is -1.98. The molecule has 0 radical (unpaired) electrons. The molecule has 0 bridgehead atoms. The number of aliphatic imine (C=N–C) groups is 1. The van der Waals surface area contributed by atoms with Gasteiger partial charge < -0.3 is 0 Å². The lowest BCUT2D eigenvalue weighted by Gasteiger charge is -2.02. The van der Waals surface area contributed by atoms with Gasteiger partial charge in [0.15, 0.2) is 0 Å². The molecule has 0 unspecified atom stereocenters. The van der Waals surface area contributed by atoms with Crippen LogP contribution in [0.15, 0.2) is 21.6 Å². The van der Waals surface area contributed by atoms with Crippen LogP contribution in [0.1, 0.15) is 5.56 Å². The molecule has 0 aliphatic carbocycles. The van der Waals surface area contributed by atoms with Gasteiger partial charge in [-0.15, -0.1) is 0 Å². The van der Waals surface area contributed by atoms with Gasteiger partial charge in [-0.05, 0) is 18.6 Å². The zero-order valence-corrected chi connectivity index (χ0v) is 8.64. The van der Waals surface area contributed by atoms with Gasteiger partial charge in [-0.25, -0.2) is 18.6 Å². The fourth-order valence-corrected chi connectivity index (χ4v) is 1.43. The Labute approximate surface area is 87.8 Å². The number of hydrogen-bond donors (Lipinski definition) is 0. The fraction of sp³-hybridized carbons (Fsp3) is 0.222. The number of nitrogens with zero attached hydrogens (tertiary/aromatic N) is 1. The molecule has 0 spiro atoms. The first-order chi connectivity index (χ1) is 6.65. The SMILES string of the molecule is O=C=NCCc1c(F)cc(Br)cc1F. The maximum atomic E-state index is 13.1. The summed E-state index contributed by atoms with van der Waals surface area (Å²) in [7, 11) is 0. The van der Waals surface area contributed by atoms with Crippen LogP contribution in [0.4, 0.5) is 8.78 Å². The van der Waals surface area contributed by atoms with Crippen molar-refractivity contribution >= 4 is 22.0 Å². The Hall–Kier alpha value is -1.06. The Morgan fingerprint density at radius 3 is 2.43 bits per heavy atom. The molecule has 5 heteroatoms. The number of carbonyl (C=O) groups excluding carboxylic acids is 1. The van der Waals surface area contributed by atoms with Crippen LogP contribution in [0, 0.1) is 11.6 Å². The number of hydrogen-bond acceptors (Lipinski definition) is 2. The van der Waals surface area contributed by atoms with Gasteiger partial charge in [0.2, 0.25) is 6.08 Å². The van der Waals surface area contributed by atoms with Gasteiger partial charge in [0.25, 0.3) is 0 Å². The molecule has 0 saturated heterocycles. The van der Waals surface area contributed by atoms with Crippen molar-refractivity contribution < 1.29 is 13.6 Å². The van der Waals surface area contributed by atoms with Crippen LogP contribution in [-0.4, -0.2) is 12.6 Å². The standard InChI is InChI=1S/C9H6BrF2NO/c10-6-3-8(11)7(9(12)4-6)1-2-13-5-14/h3-4H,1-2H2. The minimum Gasteiger partial charge on any atom is -0.211 e. The minimum atomic E-state index is -0.641. The van der Waals surface area contributed by atoms with E-state index >= 15 is 0 Å². The zero-order valence-electron chi connectivity index (χ0n) is 7.06. The molecule has 0 atom stereocenters. The third-order valence-electron chi connectivity index (χ3n) is 1.64. The van der Waals surface area contributed by atoms with E-state index in [4.69, 9.17) is 0 Å². The van der Waals surface area contributed by atoms with Crippen LogP contribution >= 0.6 is 15.9 Å². The van der Waals surface area contributed by atoms with Crippen LogP contribution in [-0.2, 0) is 11.2 Å².